The molecule has 0 aliphatic carbocycles. The first-order valence-corrected chi connectivity index (χ1v) is 8.06. The molecule has 0 N–H and O–H groups in total. The van der Waals surface area contributed by atoms with E-state index in [0.717, 1.165) is 38.5 Å². The predicted molar refractivity (Wildman–Crippen MR) is 78.7 cm³/mol. The molecular weight excluding hydrogens is 240 g/mol. The van der Waals surface area contributed by atoms with Gasteiger partial charge in [0.2, 0.25) is 0 Å². The maximum atomic E-state index is 11.4. The van der Waals surface area contributed by atoms with E-state index in [4.69, 9.17) is 9.78 Å². The first-order chi connectivity index (χ1) is 9.24. The Balaban J connectivity index is 3.49. The number of hydrogen-bond acceptors (Lipinski definition) is 3. The van der Waals surface area contributed by atoms with Gasteiger partial charge in [-0.25, -0.2) is 4.79 Å². The fourth-order valence-corrected chi connectivity index (χ4v) is 2.24. The number of hydrogen-bond donors (Lipinski definition) is 0. The first-order valence-electron chi connectivity index (χ1n) is 8.06. The Bertz CT molecular complexity index is 198. The van der Waals surface area contributed by atoms with Gasteiger partial charge in [-0.05, 0) is 25.2 Å². The molecule has 0 bridgehead atoms. The molecule has 0 saturated heterocycles. The van der Waals surface area contributed by atoms with E-state index >= 15 is 0 Å². The fourth-order valence-electron chi connectivity index (χ4n) is 2.24. The van der Waals surface area contributed by atoms with Crippen molar-refractivity contribution in [2.45, 2.75) is 85.0 Å². The third-order valence-electron chi connectivity index (χ3n) is 3.33. The van der Waals surface area contributed by atoms with E-state index in [1.165, 1.54) is 19.3 Å². The third kappa shape index (κ3) is 12.2. The van der Waals surface area contributed by atoms with E-state index in [1.54, 1.807) is 0 Å². The summed E-state index contributed by atoms with van der Waals surface area (Å²) in [5.74, 6) is 0.301. The number of rotatable bonds is 13. The van der Waals surface area contributed by atoms with Crippen molar-refractivity contribution in [2.24, 2.45) is 5.92 Å². The Morgan fingerprint density at radius 3 is 2.11 bits per heavy atom. The first kappa shape index (κ1) is 18.4. The molecule has 0 aliphatic rings. The molecule has 0 rings (SSSR count). The molecule has 0 aromatic carbocycles. The minimum atomic E-state index is -0.219. The van der Waals surface area contributed by atoms with Crippen LogP contribution in [0.4, 0.5) is 0 Å². The topological polar surface area (TPSA) is 35.5 Å². The van der Waals surface area contributed by atoms with Crippen molar-refractivity contribution >= 4 is 5.97 Å². The zero-order valence-electron chi connectivity index (χ0n) is 13.1. The molecule has 0 amide bonds. The van der Waals surface area contributed by atoms with Gasteiger partial charge in [0.1, 0.15) is 0 Å². The third-order valence-corrected chi connectivity index (χ3v) is 3.33. The average Bonchev–Trinajstić information content (AvgIpc) is 2.39. The molecule has 3 nitrogen and oxygen atoms in total. The predicted octanol–water partition coefficient (Wildman–Crippen LogP) is 5.04. The lowest BCUT2D eigenvalue weighted by Crippen LogP contribution is -2.13. The second-order valence-electron chi connectivity index (χ2n) is 5.35. The van der Waals surface area contributed by atoms with Crippen LogP contribution >= 0.6 is 0 Å². The van der Waals surface area contributed by atoms with Crippen molar-refractivity contribution in [2.75, 3.05) is 6.61 Å². The molecule has 114 valence electrons. The second kappa shape index (κ2) is 13.9. The molecule has 0 aromatic rings. The zero-order chi connectivity index (χ0) is 14.3. The summed E-state index contributed by atoms with van der Waals surface area (Å²) < 4.78 is 0. The maximum absolute atomic E-state index is 11.4. The summed E-state index contributed by atoms with van der Waals surface area (Å²) in [6, 6.07) is 0. The van der Waals surface area contributed by atoms with E-state index in [1.807, 2.05) is 0 Å². The van der Waals surface area contributed by atoms with Crippen LogP contribution < -0.4 is 0 Å². The highest BCUT2D eigenvalue weighted by molar-refractivity contribution is 5.68. The van der Waals surface area contributed by atoms with Gasteiger partial charge in [0.15, 0.2) is 0 Å². The summed E-state index contributed by atoms with van der Waals surface area (Å²) >= 11 is 0. The van der Waals surface area contributed by atoms with Crippen LogP contribution in [0.15, 0.2) is 0 Å². The molecule has 19 heavy (non-hydrogen) atoms. The lowest BCUT2D eigenvalue weighted by atomic mass is 10.00. The molecule has 0 saturated carbocycles. The van der Waals surface area contributed by atoms with Gasteiger partial charge in [0, 0.05) is 6.42 Å². The van der Waals surface area contributed by atoms with Crippen LogP contribution in [0.5, 0.6) is 0 Å². The Labute approximate surface area is 119 Å². The maximum Gasteiger partial charge on any atom is 0.342 e. The Morgan fingerprint density at radius 2 is 1.53 bits per heavy atom. The summed E-state index contributed by atoms with van der Waals surface area (Å²) in [6.07, 6.45) is 10.8. The van der Waals surface area contributed by atoms with Crippen molar-refractivity contribution in [1.82, 2.24) is 0 Å². The summed E-state index contributed by atoms with van der Waals surface area (Å²) in [4.78, 5) is 21.3. The molecule has 0 heterocycles. The number of carbonyl (C=O) groups is 1. The number of carbonyl (C=O) groups excluding carboxylic acids is 1. The monoisotopic (exact) mass is 272 g/mol. The lowest BCUT2D eigenvalue weighted by molar-refractivity contribution is -0.278. The molecule has 0 fully saturated rings. The fraction of sp³-hybridized carbons (Fsp3) is 0.938. The largest absolute Gasteiger partial charge is 0.342 e. The highest BCUT2D eigenvalue weighted by Crippen LogP contribution is 2.14. The zero-order valence-corrected chi connectivity index (χ0v) is 13.1. The SMILES string of the molecule is CCCCCCCC(=O)OOCC(CCC)CCC. The highest BCUT2D eigenvalue weighted by Gasteiger charge is 2.09. The van der Waals surface area contributed by atoms with Gasteiger partial charge in [0.25, 0.3) is 0 Å². The Hall–Kier alpha value is -0.570. The minimum Gasteiger partial charge on any atom is -0.298 e. The van der Waals surface area contributed by atoms with E-state index in [2.05, 4.69) is 20.8 Å². The van der Waals surface area contributed by atoms with Crippen LogP contribution in [0.3, 0.4) is 0 Å². The van der Waals surface area contributed by atoms with Gasteiger partial charge in [-0.3, -0.25) is 4.89 Å². The van der Waals surface area contributed by atoms with E-state index in [-0.39, 0.29) is 5.97 Å². The Morgan fingerprint density at radius 1 is 0.895 bits per heavy atom. The summed E-state index contributed by atoms with van der Waals surface area (Å²) in [6.45, 7) is 7.07. The van der Waals surface area contributed by atoms with Gasteiger partial charge >= 0.3 is 5.97 Å². The normalized spacial score (nSPS) is 10.9. The molecular formula is C16H32O3. The van der Waals surface area contributed by atoms with Crippen molar-refractivity contribution < 1.29 is 14.6 Å². The van der Waals surface area contributed by atoms with Crippen LogP contribution in [0.25, 0.3) is 0 Å². The van der Waals surface area contributed by atoms with Crippen LogP contribution in [0, 0.1) is 5.92 Å². The lowest BCUT2D eigenvalue weighted by Gasteiger charge is -2.13. The molecule has 0 unspecified atom stereocenters. The van der Waals surface area contributed by atoms with Crippen molar-refractivity contribution in [1.29, 1.82) is 0 Å². The molecule has 0 aliphatic heterocycles. The summed E-state index contributed by atoms with van der Waals surface area (Å²) in [5, 5.41) is 0. The summed E-state index contributed by atoms with van der Waals surface area (Å²) in [5.41, 5.74) is 0. The Kier molecular flexibility index (Phi) is 13.4. The van der Waals surface area contributed by atoms with Crippen molar-refractivity contribution in [3.63, 3.8) is 0 Å². The molecule has 3 heteroatoms. The van der Waals surface area contributed by atoms with Crippen LogP contribution in [0.2, 0.25) is 0 Å². The summed E-state index contributed by atoms with van der Waals surface area (Å²) in [7, 11) is 0. The van der Waals surface area contributed by atoms with Crippen molar-refractivity contribution in [3.05, 3.63) is 0 Å². The van der Waals surface area contributed by atoms with Crippen molar-refractivity contribution in [3.8, 4) is 0 Å². The van der Waals surface area contributed by atoms with Crippen LogP contribution in [0.1, 0.15) is 85.0 Å². The standard InChI is InChI=1S/C16H32O3/c1-4-7-8-9-10-13-16(17)19-18-14-15(11-5-2)12-6-3/h15H,4-14H2,1-3H3. The molecule has 0 radical (unpaired) electrons. The van der Waals surface area contributed by atoms with Gasteiger partial charge < -0.3 is 0 Å². The molecule has 0 atom stereocenters. The molecule has 0 aromatic heterocycles. The second-order valence-corrected chi connectivity index (χ2v) is 5.35. The van der Waals surface area contributed by atoms with Crippen LogP contribution in [-0.4, -0.2) is 12.6 Å². The average molecular weight is 272 g/mol. The minimum absolute atomic E-state index is 0.219. The van der Waals surface area contributed by atoms with E-state index < -0.39 is 0 Å². The highest BCUT2D eigenvalue weighted by atomic mass is 17.2. The molecule has 0 spiro atoms. The van der Waals surface area contributed by atoms with Gasteiger partial charge in [-0.2, -0.15) is 4.89 Å². The van der Waals surface area contributed by atoms with Gasteiger partial charge in [-0.15, -0.1) is 0 Å². The van der Waals surface area contributed by atoms with E-state index in [0.29, 0.717) is 18.9 Å². The van der Waals surface area contributed by atoms with Gasteiger partial charge in [0.05, 0.1) is 6.61 Å². The van der Waals surface area contributed by atoms with Crippen LogP contribution in [-0.2, 0) is 14.6 Å². The smallest absolute Gasteiger partial charge is 0.298 e. The van der Waals surface area contributed by atoms with Gasteiger partial charge in [-0.1, -0.05) is 59.3 Å². The number of unbranched alkanes of at least 4 members (excludes halogenated alkanes) is 4. The quantitative estimate of drug-likeness (QED) is 0.268. The van der Waals surface area contributed by atoms with E-state index in [9.17, 15) is 4.79 Å².